The SMILES string of the molecule is Cc1nn(C)cc1CNCCN1CCCCCC1. The molecule has 0 aliphatic carbocycles. The zero-order valence-corrected chi connectivity index (χ0v) is 11.8. The van der Waals surface area contributed by atoms with Crippen LogP contribution in [0.25, 0.3) is 0 Å². The Balaban J connectivity index is 1.64. The minimum Gasteiger partial charge on any atom is -0.311 e. The lowest BCUT2D eigenvalue weighted by atomic mass is 10.2. The summed E-state index contributed by atoms with van der Waals surface area (Å²) in [5, 5.41) is 7.89. The third kappa shape index (κ3) is 4.10. The van der Waals surface area contributed by atoms with Crippen LogP contribution >= 0.6 is 0 Å². The number of likely N-dealkylation sites (tertiary alicyclic amines) is 1. The molecule has 1 aliphatic rings. The molecule has 1 aromatic rings. The van der Waals surface area contributed by atoms with E-state index in [0.717, 1.165) is 18.8 Å². The van der Waals surface area contributed by atoms with E-state index in [-0.39, 0.29) is 0 Å². The van der Waals surface area contributed by atoms with Gasteiger partial charge in [-0.1, -0.05) is 12.8 Å². The summed E-state index contributed by atoms with van der Waals surface area (Å²) < 4.78 is 1.89. The number of nitrogens with one attached hydrogen (secondary N) is 1. The van der Waals surface area contributed by atoms with E-state index in [1.165, 1.54) is 50.9 Å². The van der Waals surface area contributed by atoms with Crippen LogP contribution in [0.15, 0.2) is 6.20 Å². The molecule has 1 N–H and O–H groups in total. The molecule has 4 nitrogen and oxygen atoms in total. The van der Waals surface area contributed by atoms with Gasteiger partial charge in [0, 0.05) is 38.4 Å². The number of hydrogen-bond donors (Lipinski definition) is 1. The van der Waals surface area contributed by atoms with E-state index in [9.17, 15) is 0 Å². The van der Waals surface area contributed by atoms with Gasteiger partial charge in [0.05, 0.1) is 5.69 Å². The molecule has 4 heteroatoms. The van der Waals surface area contributed by atoms with Gasteiger partial charge in [0.25, 0.3) is 0 Å². The maximum Gasteiger partial charge on any atom is 0.0638 e. The predicted molar refractivity (Wildman–Crippen MR) is 74.6 cm³/mol. The average molecular weight is 250 g/mol. The van der Waals surface area contributed by atoms with Crippen LogP contribution in [0.2, 0.25) is 0 Å². The summed E-state index contributed by atoms with van der Waals surface area (Å²) in [6.45, 7) is 7.84. The van der Waals surface area contributed by atoms with E-state index in [1.807, 2.05) is 11.7 Å². The molecule has 0 radical (unpaired) electrons. The average Bonchev–Trinajstić information content (AvgIpc) is 2.57. The molecule has 2 heterocycles. The van der Waals surface area contributed by atoms with Gasteiger partial charge in [0.1, 0.15) is 0 Å². The molecule has 0 atom stereocenters. The minimum absolute atomic E-state index is 0.938. The second-order valence-electron chi connectivity index (χ2n) is 5.35. The molecule has 0 spiro atoms. The van der Waals surface area contributed by atoms with Crippen LogP contribution in [0.5, 0.6) is 0 Å². The van der Waals surface area contributed by atoms with Crippen molar-refractivity contribution in [2.24, 2.45) is 7.05 Å². The first-order chi connectivity index (χ1) is 8.75. The number of nitrogens with zero attached hydrogens (tertiary/aromatic N) is 3. The van der Waals surface area contributed by atoms with Gasteiger partial charge in [-0.2, -0.15) is 5.10 Å². The molecular formula is C14H26N4. The number of aromatic nitrogens is 2. The molecule has 1 aromatic heterocycles. The highest BCUT2D eigenvalue weighted by Crippen LogP contribution is 2.09. The highest BCUT2D eigenvalue weighted by Gasteiger charge is 2.08. The zero-order chi connectivity index (χ0) is 12.8. The zero-order valence-electron chi connectivity index (χ0n) is 11.8. The Bertz CT molecular complexity index is 351. The summed E-state index contributed by atoms with van der Waals surface area (Å²) in [7, 11) is 1.98. The van der Waals surface area contributed by atoms with Gasteiger partial charge >= 0.3 is 0 Å². The van der Waals surface area contributed by atoms with Gasteiger partial charge in [-0.15, -0.1) is 0 Å². The van der Waals surface area contributed by atoms with E-state index in [0.29, 0.717) is 0 Å². The van der Waals surface area contributed by atoms with Crippen LogP contribution in [0.4, 0.5) is 0 Å². The molecular weight excluding hydrogens is 224 g/mol. The van der Waals surface area contributed by atoms with Crippen molar-refractivity contribution in [3.05, 3.63) is 17.5 Å². The predicted octanol–water partition coefficient (Wildman–Crippen LogP) is 1.69. The van der Waals surface area contributed by atoms with Crippen LogP contribution < -0.4 is 5.32 Å². The molecule has 1 saturated heterocycles. The van der Waals surface area contributed by atoms with Gasteiger partial charge in [0.2, 0.25) is 0 Å². The third-order valence-corrected chi connectivity index (χ3v) is 3.73. The van der Waals surface area contributed by atoms with Gasteiger partial charge in [-0.3, -0.25) is 4.68 Å². The second-order valence-corrected chi connectivity index (χ2v) is 5.35. The molecule has 0 bridgehead atoms. The molecule has 102 valence electrons. The highest BCUT2D eigenvalue weighted by molar-refractivity contribution is 5.14. The normalized spacial score (nSPS) is 17.9. The summed E-state index contributed by atoms with van der Waals surface area (Å²) >= 11 is 0. The van der Waals surface area contributed by atoms with E-state index >= 15 is 0 Å². The van der Waals surface area contributed by atoms with Crippen molar-refractivity contribution in [1.82, 2.24) is 20.0 Å². The lowest BCUT2D eigenvalue weighted by Crippen LogP contribution is -2.32. The highest BCUT2D eigenvalue weighted by atomic mass is 15.3. The van der Waals surface area contributed by atoms with Gasteiger partial charge in [-0.25, -0.2) is 0 Å². The van der Waals surface area contributed by atoms with E-state index in [4.69, 9.17) is 0 Å². The van der Waals surface area contributed by atoms with Crippen molar-refractivity contribution in [2.45, 2.75) is 39.2 Å². The van der Waals surface area contributed by atoms with Crippen molar-refractivity contribution in [2.75, 3.05) is 26.2 Å². The summed E-state index contributed by atoms with van der Waals surface area (Å²) in [5.41, 5.74) is 2.45. The molecule has 1 fully saturated rings. The van der Waals surface area contributed by atoms with Crippen molar-refractivity contribution >= 4 is 0 Å². The Kier molecular flexibility index (Phi) is 5.20. The molecule has 0 aromatic carbocycles. The quantitative estimate of drug-likeness (QED) is 0.807. The van der Waals surface area contributed by atoms with Crippen molar-refractivity contribution < 1.29 is 0 Å². The van der Waals surface area contributed by atoms with Crippen LogP contribution in [-0.4, -0.2) is 40.9 Å². The van der Waals surface area contributed by atoms with E-state index < -0.39 is 0 Å². The molecule has 2 rings (SSSR count). The molecule has 1 aliphatic heterocycles. The summed E-state index contributed by atoms with van der Waals surface area (Å²) in [5.74, 6) is 0. The molecule has 0 saturated carbocycles. The summed E-state index contributed by atoms with van der Waals surface area (Å²) in [6.07, 6.45) is 7.69. The van der Waals surface area contributed by atoms with Crippen LogP contribution in [0.1, 0.15) is 36.9 Å². The lowest BCUT2D eigenvalue weighted by molar-refractivity contribution is 0.284. The monoisotopic (exact) mass is 250 g/mol. The fraction of sp³-hybridized carbons (Fsp3) is 0.786. The second kappa shape index (κ2) is 6.90. The van der Waals surface area contributed by atoms with Gasteiger partial charge in [-0.05, 0) is 32.9 Å². The smallest absolute Gasteiger partial charge is 0.0638 e. The fourth-order valence-corrected chi connectivity index (χ4v) is 2.64. The number of aryl methyl sites for hydroxylation is 2. The van der Waals surface area contributed by atoms with Crippen LogP contribution in [-0.2, 0) is 13.6 Å². The first-order valence-corrected chi connectivity index (χ1v) is 7.18. The number of hydrogen-bond acceptors (Lipinski definition) is 3. The molecule has 0 amide bonds. The van der Waals surface area contributed by atoms with E-state index in [1.54, 1.807) is 0 Å². The van der Waals surface area contributed by atoms with Crippen molar-refractivity contribution in [3.63, 3.8) is 0 Å². The minimum atomic E-state index is 0.938. The Hall–Kier alpha value is -0.870. The van der Waals surface area contributed by atoms with Crippen LogP contribution in [0, 0.1) is 6.92 Å². The molecule has 18 heavy (non-hydrogen) atoms. The first kappa shape index (κ1) is 13.6. The van der Waals surface area contributed by atoms with E-state index in [2.05, 4.69) is 28.4 Å². The maximum absolute atomic E-state index is 4.36. The fourth-order valence-electron chi connectivity index (χ4n) is 2.64. The Morgan fingerprint density at radius 3 is 2.56 bits per heavy atom. The summed E-state index contributed by atoms with van der Waals surface area (Å²) in [6, 6.07) is 0. The largest absolute Gasteiger partial charge is 0.311 e. The first-order valence-electron chi connectivity index (χ1n) is 7.18. The van der Waals surface area contributed by atoms with Crippen LogP contribution in [0.3, 0.4) is 0 Å². The number of rotatable bonds is 5. The Morgan fingerprint density at radius 2 is 1.94 bits per heavy atom. The van der Waals surface area contributed by atoms with Gasteiger partial charge in [0.15, 0.2) is 0 Å². The molecule has 0 unspecified atom stereocenters. The standard InChI is InChI=1S/C14H26N4/c1-13-14(12-17(2)16-13)11-15-7-10-18-8-5-3-4-6-9-18/h12,15H,3-11H2,1-2H3. The third-order valence-electron chi connectivity index (χ3n) is 3.73. The van der Waals surface area contributed by atoms with Crippen molar-refractivity contribution in [3.8, 4) is 0 Å². The Morgan fingerprint density at radius 1 is 1.22 bits per heavy atom. The summed E-state index contributed by atoms with van der Waals surface area (Å²) in [4.78, 5) is 2.59. The maximum atomic E-state index is 4.36. The lowest BCUT2D eigenvalue weighted by Gasteiger charge is -2.19. The van der Waals surface area contributed by atoms with Crippen molar-refractivity contribution in [1.29, 1.82) is 0 Å². The van der Waals surface area contributed by atoms with Gasteiger partial charge < -0.3 is 10.2 Å². The Labute approximate surface area is 110 Å². The topological polar surface area (TPSA) is 33.1 Å².